The molecule has 0 atom stereocenters. The first-order chi connectivity index (χ1) is 7.30. The number of benzene rings is 1. The SMILES string of the molecule is CC(C)N(Cc1ccc(Br)cc1)C(F)(F)F. The minimum Gasteiger partial charge on any atom is -0.208 e. The summed E-state index contributed by atoms with van der Waals surface area (Å²) in [6, 6.07) is 6.29. The molecule has 5 heteroatoms. The molecule has 0 aliphatic heterocycles. The second-order valence-electron chi connectivity index (χ2n) is 3.82. The first-order valence-electron chi connectivity index (χ1n) is 4.88. The van der Waals surface area contributed by atoms with E-state index in [2.05, 4.69) is 15.9 Å². The van der Waals surface area contributed by atoms with Crippen molar-refractivity contribution < 1.29 is 13.2 Å². The van der Waals surface area contributed by atoms with Gasteiger partial charge in [-0.2, -0.15) is 13.2 Å². The largest absolute Gasteiger partial charge is 0.460 e. The molecular weight excluding hydrogens is 283 g/mol. The maximum Gasteiger partial charge on any atom is 0.460 e. The molecule has 90 valence electrons. The molecule has 0 saturated carbocycles. The first kappa shape index (κ1) is 13.5. The maximum atomic E-state index is 12.7. The van der Waals surface area contributed by atoms with Crippen LogP contribution in [0.15, 0.2) is 28.7 Å². The highest BCUT2D eigenvalue weighted by Crippen LogP contribution is 2.26. The second kappa shape index (κ2) is 5.19. The van der Waals surface area contributed by atoms with E-state index in [4.69, 9.17) is 0 Å². The predicted octanol–water partition coefficient (Wildman–Crippen LogP) is 4.18. The summed E-state index contributed by atoms with van der Waals surface area (Å²) in [5.41, 5.74) is 0.647. The van der Waals surface area contributed by atoms with E-state index in [9.17, 15) is 13.2 Å². The molecule has 0 aromatic heterocycles. The van der Waals surface area contributed by atoms with Gasteiger partial charge in [0, 0.05) is 17.1 Å². The Morgan fingerprint density at radius 1 is 1.19 bits per heavy atom. The van der Waals surface area contributed by atoms with Gasteiger partial charge in [-0.3, -0.25) is 0 Å². The Bertz CT molecular complexity index is 332. The standard InChI is InChI=1S/C11H13BrF3N/c1-8(2)16(11(13,14)15)7-9-3-5-10(12)6-4-9/h3-6,8H,7H2,1-2H3. The third-order valence-electron chi connectivity index (χ3n) is 2.22. The molecule has 1 aromatic rings. The number of hydrogen-bond acceptors (Lipinski definition) is 1. The summed E-state index contributed by atoms with van der Waals surface area (Å²) < 4.78 is 38.8. The molecule has 0 unspecified atom stereocenters. The number of hydrogen-bond donors (Lipinski definition) is 0. The molecule has 0 spiro atoms. The van der Waals surface area contributed by atoms with Crippen LogP contribution in [0.2, 0.25) is 0 Å². The second-order valence-corrected chi connectivity index (χ2v) is 4.73. The Labute approximate surface area is 101 Å². The molecule has 1 aromatic carbocycles. The highest BCUT2D eigenvalue weighted by molar-refractivity contribution is 9.10. The van der Waals surface area contributed by atoms with Crippen molar-refractivity contribution in [2.45, 2.75) is 32.7 Å². The predicted molar refractivity (Wildman–Crippen MR) is 60.9 cm³/mol. The van der Waals surface area contributed by atoms with E-state index in [0.29, 0.717) is 10.5 Å². The summed E-state index contributed by atoms with van der Waals surface area (Å²) in [7, 11) is 0. The fourth-order valence-electron chi connectivity index (χ4n) is 1.35. The molecule has 1 rings (SSSR count). The molecule has 0 amide bonds. The number of rotatable bonds is 3. The quantitative estimate of drug-likeness (QED) is 0.756. The van der Waals surface area contributed by atoms with Gasteiger partial charge in [0.15, 0.2) is 0 Å². The Kier molecular flexibility index (Phi) is 4.38. The average Bonchev–Trinajstić information content (AvgIpc) is 2.14. The van der Waals surface area contributed by atoms with Gasteiger partial charge >= 0.3 is 6.30 Å². The molecule has 0 heterocycles. The van der Waals surface area contributed by atoms with Crippen molar-refractivity contribution in [2.75, 3.05) is 0 Å². The van der Waals surface area contributed by atoms with Gasteiger partial charge in [-0.25, -0.2) is 4.90 Å². The zero-order valence-electron chi connectivity index (χ0n) is 9.05. The summed E-state index contributed by atoms with van der Waals surface area (Å²) in [4.78, 5) is 0.510. The molecule has 16 heavy (non-hydrogen) atoms. The lowest BCUT2D eigenvalue weighted by atomic mass is 10.2. The minimum atomic E-state index is -4.29. The van der Waals surface area contributed by atoms with E-state index in [-0.39, 0.29) is 6.54 Å². The van der Waals surface area contributed by atoms with Crippen LogP contribution in [-0.2, 0) is 6.54 Å². The molecule has 0 aliphatic carbocycles. The highest BCUT2D eigenvalue weighted by atomic mass is 79.9. The van der Waals surface area contributed by atoms with Crippen LogP contribution in [-0.4, -0.2) is 17.2 Å². The van der Waals surface area contributed by atoms with E-state index in [1.54, 1.807) is 24.3 Å². The molecule has 0 aliphatic rings. The van der Waals surface area contributed by atoms with Crippen LogP contribution >= 0.6 is 15.9 Å². The number of nitrogens with zero attached hydrogens (tertiary/aromatic N) is 1. The first-order valence-corrected chi connectivity index (χ1v) is 5.68. The zero-order valence-corrected chi connectivity index (χ0v) is 10.6. The van der Waals surface area contributed by atoms with Gasteiger partial charge in [0.25, 0.3) is 0 Å². The van der Waals surface area contributed by atoms with E-state index >= 15 is 0 Å². The zero-order chi connectivity index (χ0) is 12.3. The van der Waals surface area contributed by atoms with Crippen LogP contribution in [0.25, 0.3) is 0 Å². The van der Waals surface area contributed by atoms with Crippen molar-refractivity contribution in [2.24, 2.45) is 0 Å². The third-order valence-corrected chi connectivity index (χ3v) is 2.74. The van der Waals surface area contributed by atoms with Gasteiger partial charge in [0.1, 0.15) is 0 Å². The topological polar surface area (TPSA) is 3.24 Å². The third kappa shape index (κ3) is 3.79. The van der Waals surface area contributed by atoms with Crippen molar-refractivity contribution in [1.29, 1.82) is 0 Å². The monoisotopic (exact) mass is 295 g/mol. The fraction of sp³-hybridized carbons (Fsp3) is 0.455. The van der Waals surface area contributed by atoms with Crippen molar-refractivity contribution in [1.82, 2.24) is 4.90 Å². The lowest BCUT2D eigenvalue weighted by Crippen LogP contribution is -2.42. The molecule has 0 fully saturated rings. The van der Waals surface area contributed by atoms with Crippen molar-refractivity contribution in [3.05, 3.63) is 34.3 Å². The van der Waals surface area contributed by atoms with Gasteiger partial charge in [-0.15, -0.1) is 0 Å². The Morgan fingerprint density at radius 3 is 2.06 bits per heavy atom. The minimum absolute atomic E-state index is 0.117. The summed E-state index contributed by atoms with van der Waals surface area (Å²) in [6.07, 6.45) is -4.29. The normalized spacial score (nSPS) is 12.5. The van der Waals surface area contributed by atoms with Gasteiger partial charge in [0.2, 0.25) is 0 Å². The van der Waals surface area contributed by atoms with Crippen LogP contribution in [0.5, 0.6) is 0 Å². The lowest BCUT2D eigenvalue weighted by molar-refractivity contribution is -0.259. The lowest BCUT2D eigenvalue weighted by Gasteiger charge is -2.28. The summed E-state index contributed by atoms with van der Waals surface area (Å²) in [5.74, 6) is 0. The number of halogens is 4. The van der Waals surface area contributed by atoms with E-state index in [1.165, 1.54) is 13.8 Å². The summed E-state index contributed by atoms with van der Waals surface area (Å²) in [5, 5.41) is 0. The van der Waals surface area contributed by atoms with Gasteiger partial charge in [0.05, 0.1) is 0 Å². The Hall–Kier alpha value is -0.550. The van der Waals surface area contributed by atoms with Crippen LogP contribution in [0.4, 0.5) is 13.2 Å². The molecular formula is C11H13BrF3N. The summed E-state index contributed by atoms with van der Waals surface area (Å²) in [6.45, 7) is 2.95. The molecule has 0 radical (unpaired) electrons. The smallest absolute Gasteiger partial charge is 0.208 e. The molecule has 0 saturated heterocycles. The molecule has 1 nitrogen and oxygen atoms in total. The van der Waals surface area contributed by atoms with Crippen LogP contribution < -0.4 is 0 Å². The average molecular weight is 296 g/mol. The van der Waals surface area contributed by atoms with E-state index in [0.717, 1.165) is 4.47 Å². The molecule has 0 N–H and O–H groups in total. The van der Waals surface area contributed by atoms with Gasteiger partial charge in [-0.1, -0.05) is 28.1 Å². The molecule has 0 bridgehead atoms. The van der Waals surface area contributed by atoms with Gasteiger partial charge in [-0.05, 0) is 31.5 Å². The van der Waals surface area contributed by atoms with Crippen LogP contribution in [0.1, 0.15) is 19.4 Å². The van der Waals surface area contributed by atoms with E-state index < -0.39 is 12.3 Å². The highest BCUT2D eigenvalue weighted by Gasteiger charge is 2.38. The van der Waals surface area contributed by atoms with Crippen LogP contribution in [0.3, 0.4) is 0 Å². The van der Waals surface area contributed by atoms with Gasteiger partial charge < -0.3 is 0 Å². The van der Waals surface area contributed by atoms with Crippen LogP contribution in [0, 0.1) is 0 Å². The Morgan fingerprint density at radius 2 is 1.69 bits per heavy atom. The van der Waals surface area contributed by atoms with Crippen molar-refractivity contribution in [3.8, 4) is 0 Å². The number of alkyl halides is 3. The van der Waals surface area contributed by atoms with Crippen molar-refractivity contribution >= 4 is 15.9 Å². The Balaban J connectivity index is 2.80. The maximum absolute atomic E-state index is 12.7. The summed E-state index contributed by atoms with van der Waals surface area (Å²) >= 11 is 3.24. The van der Waals surface area contributed by atoms with E-state index in [1.807, 2.05) is 0 Å². The fourth-order valence-corrected chi connectivity index (χ4v) is 1.62. The van der Waals surface area contributed by atoms with Crippen molar-refractivity contribution in [3.63, 3.8) is 0 Å².